The van der Waals surface area contributed by atoms with Gasteiger partial charge in [0.2, 0.25) is 0 Å². The van der Waals surface area contributed by atoms with Crippen molar-refractivity contribution in [3.05, 3.63) is 71.2 Å². The molecule has 1 N–H and O–H groups in total. The number of rotatable bonds is 2. The number of halogens is 1. The predicted molar refractivity (Wildman–Crippen MR) is 80.3 cm³/mol. The lowest BCUT2D eigenvalue weighted by atomic mass is 10.0. The second-order valence-electron chi connectivity index (χ2n) is 4.56. The monoisotopic (exact) mass is 268 g/mol. The highest BCUT2D eigenvalue weighted by atomic mass is 35.5. The normalized spacial score (nSPS) is 10.8. The molecule has 0 aliphatic rings. The van der Waals surface area contributed by atoms with Gasteiger partial charge < -0.3 is 5.11 Å². The summed E-state index contributed by atoms with van der Waals surface area (Å²) in [7, 11) is 0. The largest absolute Gasteiger partial charge is 0.392 e. The van der Waals surface area contributed by atoms with E-state index in [1.165, 1.54) is 10.9 Å². The molecule has 19 heavy (non-hydrogen) atoms. The Morgan fingerprint density at radius 2 is 1.37 bits per heavy atom. The van der Waals surface area contributed by atoms with Crippen molar-refractivity contribution in [3.63, 3.8) is 0 Å². The Hall–Kier alpha value is -1.83. The number of hydrogen-bond acceptors (Lipinski definition) is 1. The van der Waals surface area contributed by atoms with Gasteiger partial charge in [0.15, 0.2) is 0 Å². The fourth-order valence-corrected chi connectivity index (χ4v) is 2.34. The molecular formula is C17H13ClO. The first-order chi connectivity index (χ1) is 9.26. The van der Waals surface area contributed by atoms with E-state index < -0.39 is 0 Å². The minimum atomic E-state index is 0.0782. The Balaban J connectivity index is 2.08. The van der Waals surface area contributed by atoms with Gasteiger partial charge in [-0.15, -0.1) is 0 Å². The van der Waals surface area contributed by atoms with Crippen molar-refractivity contribution >= 4 is 22.4 Å². The molecule has 0 bridgehead atoms. The van der Waals surface area contributed by atoms with E-state index in [1.54, 1.807) is 0 Å². The topological polar surface area (TPSA) is 20.2 Å². The molecule has 0 fully saturated rings. The van der Waals surface area contributed by atoms with Crippen LogP contribution in [0.2, 0.25) is 5.02 Å². The van der Waals surface area contributed by atoms with Crippen LogP contribution in [0.5, 0.6) is 0 Å². The summed E-state index contributed by atoms with van der Waals surface area (Å²) in [5, 5.41) is 12.2. The Labute approximate surface area is 117 Å². The lowest BCUT2D eigenvalue weighted by Gasteiger charge is -2.06. The van der Waals surface area contributed by atoms with Gasteiger partial charge in [0.1, 0.15) is 0 Å². The molecule has 3 rings (SSSR count). The Morgan fingerprint density at radius 1 is 0.737 bits per heavy atom. The number of fused-ring (bicyclic) bond motifs is 1. The van der Waals surface area contributed by atoms with E-state index in [9.17, 15) is 0 Å². The van der Waals surface area contributed by atoms with E-state index in [0.717, 1.165) is 21.5 Å². The first-order valence-corrected chi connectivity index (χ1v) is 6.53. The van der Waals surface area contributed by atoms with Crippen LogP contribution in [0.1, 0.15) is 5.56 Å². The van der Waals surface area contributed by atoms with Crippen molar-refractivity contribution in [1.82, 2.24) is 0 Å². The molecule has 3 aromatic carbocycles. The lowest BCUT2D eigenvalue weighted by molar-refractivity contribution is 0.282. The first kappa shape index (κ1) is 12.2. The Kier molecular flexibility index (Phi) is 3.24. The maximum absolute atomic E-state index is 9.14. The van der Waals surface area contributed by atoms with Crippen LogP contribution in [-0.2, 0) is 6.61 Å². The van der Waals surface area contributed by atoms with E-state index in [-0.39, 0.29) is 6.61 Å². The zero-order valence-corrected chi connectivity index (χ0v) is 11.1. The van der Waals surface area contributed by atoms with Gasteiger partial charge in [0, 0.05) is 5.02 Å². The Morgan fingerprint density at radius 3 is 2.11 bits per heavy atom. The average Bonchev–Trinajstić information content (AvgIpc) is 2.47. The maximum Gasteiger partial charge on any atom is 0.0682 e. The molecule has 0 saturated carbocycles. The van der Waals surface area contributed by atoms with Gasteiger partial charge in [0.05, 0.1) is 6.61 Å². The van der Waals surface area contributed by atoms with Crippen molar-refractivity contribution in [2.45, 2.75) is 6.61 Å². The first-order valence-electron chi connectivity index (χ1n) is 6.16. The molecule has 0 aromatic heterocycles. The molecule has 94 valence electrons. The molecule has 0 heterocycles. The Bertz CT molecular complexity index is 717. The summed E-state index contributed by atoms with van der Waals surface area (Å²) in [6.45, 7) is 0.0782. The third-order valence-electron chi connectivity index (χ3n) is 3.26. The average molecular weight is 269 g/mol. The van der Waals surface area contributed by atoms with Gasteiger partial charge in [0.25, 0.3) is 0 Å². The highest BCUT2D eigenvalue weighted by molar-refractivity contribution is 6.30. The molecule has 2 heteroatoms. The smallest absolute Gasteiger partial charge is 0.0682 e. The third-order valence-corrected chi connectivity index (χ3v) is 3.52. The fourth-order valence-electron chi connectivity index (χ4n) is 2.22. The predicted octanol–water partition coefficient (Wildman–Crippen LogP) is 4.65. The van der Waals surface area contributed by atoms with Crippen LogP contribution in [0.3, 0.4) is 0 Å². The zero-order valence-electron chi connectivity index (χ0n) is 10.3. The van der Waals surface area contributed by atoms with Gasteiger partial charge in [-0.2, -0.15) is 0 Å². The summed E-state index contributed by atoms with van der Waals surface area (Å²) in [6.07, 6.45) is 0. The fraction of sp³-hybridized carbons (Fsp3) is 0.0588. The number of aliphatic hydroxyl groups is 1. The van der Waals surface area contributed by atoms with Crippen molar-refractivity contribution in [3.8, 4) is 11.1 Å². The molecular weight excluding hydrogens is 256 g/mol. The second-order valence-corrected chi connectivity index (χ2v) is 5.00. The lowest BCUT2D eigenvalue weighted by Crippen LogP contribution is -1.84. The summed E-state index contributed by atoms with van der Waals surface area (Å²) >= 11 is 5.90. The van der Waals surface area contributed by atoms with E-state index in [4.69, 9.17) is 16.7 Å². The minimum absolute atomic E-state index is 0.0782. The van der Waals surface area contributed by atoms with Crippen LogP contribution in [-0.4, -0.2) is 5.11 Å². The number of hydrogen-bond donors (Lipinski definition) is 1. The van der Waals surface area contributed by atoms with Crippen LogP contribution in [0.25, 0.3) is 21.9 Å². The van der Waals surface area contributed by atoms with Crippen LogP contribution in [0, 0.1) is 0 Å². The quantitative estimate of drug-likeness (QED) is 0.717. The van der Waals surface area contributed by atoms with E-state index in [1.807, 2.05) is 42.5 Å². The molecule has 0 amide bonds. The molecule has 0 saturated heterocycles. The zero-order chi connectivity index (χ0) is 13.2. The van der Waals surface area contributed by atoms with E-state index in [2.05, 4.69) is 18.2 Å². The van der Waals surface area contributed by atoms with Crippen LogP contribution < -0.4 is 0 Å². The van der Waals surface area contributed by atoms with Gasteiger partial charge in [-0.1, -0.05) is 48.0 Å². The minimum Gasteiger partial charge on any atom is -0.392 e. The molecule has 3 aromatic rings. The SMILES string of the molecule is OCc1ccc2cc(-c3ccc(Cl)cc3)ccc2c1. The number of aliphatic hydroxyl groups excluding tert-OH is 1. The van der Waals surface area contributed by atoms with Crippen LogP contribution in [0.15, 0.2) is 60.7 Å². The van der Waals surface area contributed by atoms with Gasteiger partial charge in [-0.05, 0) is 51.7 Å². The van der Waals surface area contributed by atoms with E-state index in [0.29, 0.717) is 0 Å². The van der Waals surface area contributed by atoms with Gasteiger partial charge in [-0.3, -0.25) is 0 Å². The molecule has 0 unspecified atom stereocenters. The van der Waals surface area contributed by atoms with Crippen LogP contribution in [0.4, 0.5) is 0 Å². The van der Waals surface area contributed by atoms with Crippen molar-refractivity contribution in [1.29, 1.82) is 0 Å². The van der Waals surface area contributed by atoms with Crippen molar-refractivity contribution in [2.75, 3.05) is 0 Å². The second kappa shape index (κ2) is 5.04. The summed E-state index contributed by atoms with van der Waals surface area (Å²) < 4.78 is 0. The third kappa shape index (κ3) is 2.48. The van der Waals surface area contributed by atoms with Crippen molar-refractivity contribution < 1.29 is 5.11 Å². The molecule has 0 spiro atoms. The highest BCUT2D eigenvalue weighted by Crippen LogP contribution is 2.26. The maximum atomic E-state index is 9.14. The summed E-state index contributed by atoms with van der Waals surface area (Å²) in [6, 6.07) is 20.2. The van der Waals surface area contributed by atoms with Gasteiger partial charge >= 0.3 is 0 Å². The number of benzene rings is 3. The molecule has 0 radical (unpaired) electrons. The highest BCUT2D eigenvalue weighted by Gasteiger charge is 2.01. The van der Waals surface area contributed by atoms with E-state index >= 15 is 0 Å². The molecule has 0 aliphatic carbocycles. The summed E-state index contributed by atoms with van der Waals surface area (Å²) in [4.78, 5) is 0. The van der Waals surface area contributed by atoms with Crippen LogP contribution >= 0.6 is 11.6 Å². The standard InChI is InChI=1S/C17H13ClO/c18-17-7-5-13(6-8-17)15-4-3-14-9-12(11-19)1-2-16(14)10-15/h1-10,19H,11H2. The summed E-state index contributed by atoms with van der Waals surface area (Å²) in [5.41, 5.74) is 3.25. The molecule has 1 nitrogen and oxygen atoms in total. The molecule has 0 atom stereocenters. The van der Waals surface area contributed by atoms with Gasteiger partial charge in [-0.25, -0.2) is 0 Å². The molecule has 0 aliphatic heterocycles. The summed E-state index contributed by atoms with van der Waals surface area (Å²) in [5.74, 6) is 0. The van der Waals surface area contributed by atoms with Crippen molar-refractivity contribution in [2.24, 2.45) is 0 Å².